The number of thiazole rings is 1. The van der Waals surface area contributed by atoms with E-state index in [9.17, 15) is 13.5 Å². The molecule has 0 aliphatic carbocycles. The van der Waals surface area contributed by atoms with Gasteiger partial charge in [-0.1, -0.05) is 11.3 Å². The molecule has 7 nitrogen and oxygen atoms in total. The Morgan fingerprint density at radius 2 is 2.05 bits per heavy atom. The van der Waals surface area contributed by atoms with Crippen LogP contribution in [0.3, 0.4) is 0 Å². The van der Waals surface area contributed by atoms with E-state index in [4.69, 9.17) is 9.47 Å². The van der Waals surface area contributed by atoms with E-state index in [1.807, 2.05) is 0 Å². The average molecular weight is 333 g/mol. The van der Waals surface area contributed by atoms with Crippen LogP contribution >= 0.6 is 11.3 Å². The minimum atomic E-state index is -3.62. The molecule has 9 heteroatoms. The quantitative estimate of drug-likeness (QED) is 0.797. The summed E-state index contributed by atoms with van der Waals surface area (Å²) < 4.78 is 37.6. The SMILES string of the molecule is COc1cc(C(O)COS(C)(=O)=O)c2sc(OC)nc2c1. The second-order valence-corrected chi connectivity index (χ2v) is 6.86. The molecule has 1 heterocycles. The Morgan fingerprint density at radius 3 is 2.62 bits per heavy atom. The van der Waals surface area contributed by atoms with Crippen LogP contribution in [0.5, 0.6) is 10.9 Å². The molecule has 0 saturated heterocycles. The van der Waals surface area contributed by atoms with Crippen molar-refractivity contribution in [1.29, 1.82) is 0 Å². The number of nitrogens with zero attached hydrogens (tertiary/aromatic N) is 1. The smallest absolute Gasteiger partial charge is 0.274 e. The zero-order chi connectivity index (χ0) is 15.6. The third-order valence-corrected chi connectivity index (χ3v) is 4.33. The van der Waals surface area contributed by atoms with Gasteiger partial charge in [0.1, 0.15) is 11.9 Å². The third kappa shape index (κ3) is 3.82. The fourth-order valence-electron chi connectivity index (χ4n) is 1.74. The molecule has 1 aromatic carbocycles. The van der Waals surface area contributed by atoms with E-state index in [1.54, 1.807) is 12.1 Å². The molecule has 2 aromatic rings. The Labute approximate surface area is 126 Å². The largest absolute Gasteiger partial charge is 0.497 e. The highest BCUT2D eigenvalue weighted by Gasteiger charge is 2.19. The van der Waals surface area contributed by atoms with E-state index in [-0.39, 0.29) is 6.61 Å². The van der Waals surface area contributed by atoms with Crippen molar-refractivity contribution in [1.82, 2.24) is 4.98 Å². The van der Waals surface area contributed by atoms with Gasteiger partial charge in [-0.05, 0) is 6.07 Å². The molecule has 0 aliphatic rings. The second kappa shape index (κ2) is 6.14. The van der Waals surface area contributed by atoms with E-state index < -0.39 is 16.2 Å². The lowest BCUT2D eigenvalue weighted by molar-refractivity contribution is 0.113. The van der Waals surface area contributed by atoms with Crippen LogP contribution in [-0.4, -0.2) is 45.6 Å². The average Bonchev–Trinajstić information content (AvgIpc) is 2.85. The first-order chi connectivity index (χ1) is 9.84. The van der Waals surface area contributed by atoms with Gasteiger partial charge in [-0.2, -0.15) is 8.42 Å². The first kappa shape index (κ1) is 16.0. The zero-order valence-electron chi connectivity index (χ0n) is 11.7. The van der Waals surface area contributed by atoms with Gasteiger partial charge >= 0.3 is 0 Å². The first-order valence-electron chi connectivity index (χ1n) is 5.89. The Bertz CT molecular complexity index is 740. The molecule has 0 bridgehead atoms. The maximum atomic E-state index is 11.0. The van der Waals surface area contributed by atoms with E-state index in [0.717, 1.165) is 6.26 Å². The van der Waals surface area contributed by atoms with Crippen LogP contribution in [0.1, 0.15) is 11.7 Å². The number of hydrogen-bond donors (Lipinski definition) is 1. The van der Waals surface area contributed by atoms with E-state index >= 15 is 0 Å². The monoisotopic (exact) mass is 333 g/mol. The van der Waals surface area contributed by atoms with Crippen molar-refractivity contribution in [3.63, 3.8) is 0 Å². The number of methoxy groups -OCH3 is 2. The number of benzene rings is 1. The zero-order valence-corrected chi connectivity index (χ0v) is 13.3. The first-order valence-corrected chi connectivity index (χ1v) is 8.52. The number of aliphatic hydroxyl groups excluding tert-OH is 1. The van der Waals surface area contributed by atoms with Crippen LogP contribution in [0.2, 0.25) is 0 Å². The molecule has 1 N–H and O–H groups in total. The number of hydrogen-bond acceptors (Lipinski definition) is 8. The van der Waals surface area contributed by atoms with Crippen LogP contribution < -0.4 is 9.47 Å². The highest BCUT2D eigenvalue weighted by Crippen LogP contribution is 2.36. The third-order valence-electron chi connectivity index (χ3n) is 2.68. The van der Waals surface area contributed by atoms with E-state index in [1.165, 1.54) is 25.6 Å². The van der Waals surface area contributed by atoms with Crippen molar-refractivity contribution in [2.24, 2.45) is 0 Å². The molecule has 116 valence electrons. The molecule has 1 unspecified atom stereocenters. The molecule has 0 radical (unpaired) electrons. The minimum Gasteiger partial charge on any atom is -0.497 e. The summed E-state index contributed by atoms with van der Waals surface area (Å²) in [6.07, 6.45) is -0.196. The molecule has 21 heavy (non-hydrogen) atoms. The highest BCUT2D eigenvalue weighted by atomic mass is 32.2. The van der Waals surface area contributed by atoms with E-state index in [0.29, 0.717) is 26.7 Å². The molecule has 0 aliphatic heterocycles. The second-order valence-electron chi connectivity index (χ2n) is 4.25. The van der Waals surface area contributed by atoms with Crippen LogP contribution in [0.15, 0.2) is 12.1 Å². The van der Waals surface area contributed by atoms with Crippen LogP contribution in [0, 0.1) is 0 Å². The summed E-state index contributed by atoms with van der Waals surface area (Å²) in [5, 5.41) is 10.6. The molecule has 1 atom stereocenters. The Kier molecular flexibility index (Phi) is 4.67. The van der Waals surface area contributed by atoms with Gasteiger partial charge in [0.2, 0.25) is 0 Å². The summed E-state index contributed by atoms with van der Waals surface area (Å²) in [5.41, 5.74) is 1.08. The number of fused-ring (bicyclic) bond motifs is 1. The summed E-state index contributed by atoms with van der Waals surface area (Å²) >= 11 is 1.25. The molecule has 0 saturated carbocycles. The summed E-state index contributed by atoms with van der Waals surface area (Å²) in [4.78, 5) is 4.24. The van der Waals surface area contributed by atoms with Gasteiger partial charge in [-0.25, -0.2) is 4.98 Å². The molecule has 1 aromatic heterocycles. The fraction of sp³-hybridized carbons (Fsp3) is 0.417. The summed E-state index contributed by atoms with van der Waals surface area (Å²) in [6, 6.07) is 3.33. The topological polar surface area (TPSA) is 95.0 Å². The summed E-state index contributed by atoms with van der Waals surface area (Å²) in [5.74, 6) is 0.504. The summed E-state index contributed by atoms with van der Waals surface area (Å²) in [6.45, 7) is -0.374. The van der Waals surface area contributed by atoms with Gasteiger partial charge in [-0.15, -0.1) is 0 Å². The number of rotatable bonds is 6. The normalized spacial score (nSPS) is 13.3. The van der Waals surface area contributed by atoms with Gasteiger partial charge in [0, 0.05) is 11.6 Å². The van der Waals surface area contributed by atoms with Crippen LogP contribution in [0.4, 0.5) is 0 Å². The van der Waals surface area contributed by atoms with Gasteiger partial charge in [0.15, 0.2) is 0 Å². The lowest BCUT2D eigenvalue weighted by atomic mass is 10.1. The number of aliphatic hydroxyl groups is 1. The maximum absolute atomic E-state index is 11.0. The fourth-order valence-corrected chi connectivity index (χ4v) is 3.04. The van der Waals surface area contributed by atoms with Gasteiger partial charge in [0.25, 0.3) is 15.3 Å². The van der Waals surface area contributed by atoms with Crippen molar-refractivity contribution in [2.45, 2.75) is 6.10 Å². The predicted molar refractivity (Wildman–Crippen MR) is 78.5 cm³/mol. The van der Waals surface area contributed by atoms with Gasteiger partial charge in [-0.3, -0.25) is 4.18 Å². The van der Waals surface area contributed by atoms with Crippen molar-refractivity contribution in [3.8, 4) is 10.9 Å². The lowest BCUT2D eigenvalue weighted by Crippen LogP contribution is -2.12. The Hall–Kier alpha value is -1.42. The molecule has 0 spiro atoms. The van der Waals surface area contributed by atoms with Crippen molar-refractivity contribution < 1.29 is 27.2 Å². The van der Waals surface area contributed by atoms with Gasteiger partial charge in [0.05, 0.1) is 37.3 Å². The van der Waals surface area contributed by atoms with Crippen molar-refractivity contribution >= 4 is 31.7 Å². The van der Waals surface area contributed by atoms with Crippen molar-refractivity contribution in [3.05, 3.63) is 17.7 Å². The lowest BCUT2D eigenvalue weighted by Gasteiger charge is -2.12. The maximum Gasteiger partial charge on any atom is 0.274 e. The highest BCUT2D eigenvalue weighted by molar-refractivity contribution is 7.85. The minimum absolute atomic E-state index is 0.374. The molecule has 2 rings (SSSR count). The summed E-state index contributed by atoms with van der Waals surface area (Å²) in [7, 11) is -0.632. The molecule has 0 fully saturated rings. The number of aromatic nitrogens is 1. The van der Waals surface area contributed by atoms with Gasteiger partial charge < -0.3 is 14.6 Å². The van der Waals surface area contributed by atoms with E-state index in [2.05, 4.69) is 9.17 Å². The van der Waals surface area contributed by atoms with Crippen molar-refractivity contribution in [2.75, 3.05) is 27.1 Å². The standard InChI is InChI=1S/C12H15NO6S2/c1-17-7-4-8(10(14)6-19-21(3,15)16)11-9(5-7)13-12(18-2)20-11/h4-5,10,14H,6H2,1-3H3. The predicted octanol–water partition coefficient (Wildman–Crippen LogP) is 1.32. The molecule has 0 amide bonds. The molecular formula is C12H15NO6S2. The Balaban J connectivity index is 2.42. The Morgan fingerprint density at radius 1 is 1.33 bits per heavy atom. The molecular weight excluding hydrogens is 318 g/mol. The van der Waals surface area contributed by atoms with Crippen LogP contribution in [0.25, 0.3) is 10.2 Å². The number of ether oxygens (including phenoxy) is 2. The van der Waals surface area contributed by atoms with Crippen LogP contribution in [-0.2, 0) is 14.3 Å².